The van der Waals surface area contributed by atoms with Crippen LogP contribution in [0.25, 0.3) is 0 Å². The van der Waals surface area contributed by atoms with E-state index in [4.69, 9.17) is 0 Å². The van der Waals surface area contributed by atoms with E-state index >= 15 is 0 Å². The number of hydrogen-bond acceptors (Lipinski definition) is 3. The number of hydrogen-bond donors (Lipinski definition) is 1. The molecule has 0 saturated carbocycles. The van der Waals surface area contributed by atoms with Crippen LogP contribution in [0.5, 0.6) is 0 Å². The van der Waals surface area contributed by atoms with Gasteiger partial charge in [-0.25, -0.2) is 0 Å². The minimum absolute atomic E-state index is 0.0759. The quantitative estimate of drug-likeness (QED) is 0.829. The SMILES string of the molecule is CSCCC(C)N(C)C(=O)c1ccc(S)cc1. The lowest BCUT2D eigenvalue weighted by Gasteiger charge is -2.24. The maximum absolute atomic E-state index is 12.2. The Morgan fingerprint density at radius 2 is 2.00 bits per heavy atom. The fourth-order valence-corrected chi connectivity index (χ4v) is 2.22. The van der Waals surface area contributed by atoms with Crippen molar-refractivity contribution in [1.29, 1.82) is 0 Å². The third-order valence-corrected chi connectivity index (χ3v) is 3.78. The molecule has 0 bridgehead atoms. The topological polar surface area (TPSA) is 20.3 Å². The van der Waals surface area contributed by atoms with Gasteiger partial charge in [0.15, 0.2) is 0 Å². The summed E-state index contributed by atoms with van der Waals surface area (Å²) in [6.45, 7) is 2.08. The number of rotatable bonds is 5. The Morgan fingerprint density at radius 3 is 2.53 bits per heavy atom. The summed E-state index contributed by atoms with van der Waals surface area (Å²) in [5.74, 6) is 1.15. The molecule has 0 aliphatic carbocycles. The number of thiol groups is 1. The molecule has 2 nitrogen and oxygen atoms in total. The molecule has 0 radical (unpaired) electrons. The lowest BCUT2D eigenvalue weighted by molar-refractivity contribution is 0.0741. The van der Waals surface area contributed by atoms with Crippen LogP contribution in [0.1, 0.15) is 23.7 Å². The second-order valence-electron chi connectivity index (χ2n) is 4.09. The van der Waals surface area contributed by atoms with Crippen molar-refractivity contribution in [2.24, 2.45) is 0 Å². The van der Waals surface area contributed by atoms with Crippen molar-refractivity contribution >= 4 is 30.3 Å². The molecule has 0 aliphatic heterocycles. The first kappa shape index (κ1) is 14.5. The molecule has 1 aromatic rings. The number of benzene rings is 1. The maximum atomic E-state index is 12.2. The zero-order valence-corrected chi connectivity index (χ0v) is 12.2. The molecule has 1 aromatic carbocycles. The van der Waals surface area contributed by atoms with E-state index in [0.29, 0.717) is 0 Å². The standard InChI is InChI=1S/C13H19NOS2/c1-10(8-9-17-3)14(2)13(15)11-4-6-12(16)7-5-11/h4-7,10,16H,8-9H2,1-3H3. The largest absolute Gasteiger partial charge is 0.339 e. The molecule has 1 amide bonds. The Labute approximate surface area is 113 Å². The van der Waals surface area contributed by atoms with Gasteiger partial charge >= 0.3 is 0 Å². The van der Waals surface area contributed by atoms with Gasteiger partial charge in [0.25, 0.3) is 5.91 Å². The van der Waals surface area contributed by atoms with E-state index in [1.54, 1.807) is 0 Å². The molecule has 1 rings (SSSR count). The van der Waals surface area contributed by atoms with Gasteiger partial charge in [-0.2, -0.15) is 11.8 Å². The van der Waals surface area contributed by atoms with Gasteiger partial charge in [-0.05, 0) is 49.6 Å². The fourth-order valence-electron chi connectivity index (χ4n) is 1.49. The minimum atomic E-state index is 0.0759. The van der Waals surface area contributed by atoms with Gasteiger partial charge in [-0.15, -0.1) is 12.6 Å². The first-order valence-corrected chi connectivity index (χ1v) is 7.45. The highest BCUT2D eigenvalue weighted by Gasteiger charge is 2.16. The van der Waals surface area contributed by atoms with E-state index < -0.39 is 0 Å². The third kappa shape index (κ3) is 4.28. The average molecular weight is 269 g/mol. The second-order valence-corrected chi connectivity index (χ2v) is 5.60. The van der Waals surface area contributed by atoms with Crippen LogP contribution in [0.2, 0.25) is 0 Å². The van der Waals surface area contributed by atoms with Crippen LogP contribution in [0.15, 0.2) is 29.2 Å². The molecule has 94 valence electrons. The van der Waals surface area contributed by atoms with Gasteiger partial charge in [0, 0.05) is 23.5 Å². The summed E-state index contributed by atoms with van der Waals surface area (Å²) in [6.07, 6.45) is 3.11. The zero-order chi connectivity index (χ0) is 12.8. The minimum Gasteiger partial charge on any atom is -0.339 e. The summed E-state index contributed by atoms with van der Waals surface area (Å²) in [4.78, 5) is 14.8. The Morgan fingerprint density at radius 1 is 1.41 bits per heavy atom. The van der Waals surface area contributed by atoms with Crippen LogP contribution in [-0.2, 0) is 0 Å². The van der Waals surface area contributed by atoms with Crippen LogP contribution in [-0.4, -0.2) is 35.9 Å². The molecule has 0 aliphatic rings. The van der Waals surface area contributed by atoms with E-state index in [1.807, 2.05) is 48.0 Å². The van der Waals surface area contributed by atoms with Crippen LogP contribution in [0.4, 0.5) is 0 Å². The van der Waals surface area contributed by atoms with E-state index in [-0.39, 0.29) is 11.9 Å². The molecule has 4 heteroatoms. The molecule has 1 atom stereocenters. The molecule has 0 N–H and O–H groups in total. The summed E-state index contributed by atoms with van der Waals surface area (Å²) in [6, 6.07) is 7.60. The van der Waals surface area contributed by atoms with Crippen molar-refractivity contribution in [2.75, 3.05) is 19.1 Å². The van der Waals surface area contributed by atoms with Crippen molar-refractivity contribution < 1.29 is 4.79 Å². The van der Waals surface area contributed by atoms with Crippen molar-refractivity contribution in [3.05, 3.63) is 29.8 Å². The molecule has 17 heavy (non-hydrogen) atoms. The van der Waals surface area contributed by atoms with Crippen molar-refractivity contribution in [3.63, 3.8) is 0 Å². The summed E-state index contributed by atoms with van der Waals surface area (Å²) in [5, 5.41) is 0. The maximum Gasteiger partial charge on any atom is 0.253 e. The van der Waals surface area contributed by atoms with Crippen LogP contribution in [0.3, 0.4) is 0 Å². The Hall–Kier alpha value is -0.610. The molecule has 0 saturated heterocycles. The molecular formula is C13H19NOS2. The molecule has 0 aromatic heterocycles. The average Bonchev–Trinajstić information content (AvgIpc) is 2.35. The lowest BCUT2D eigenvalue weighted by atomic mass is 10.1. The summed E-state index contributed by atoms with van der Waals surface area (Å²) >= 11 is 6.02. The van der Waals surface area contributed by atoms with Gasteiger partial charge in [0.2, 0.25) is 0 Å². The molecule has 0 heterocycles. The zero-order valence-electron chi connectivity index (χ0n) is 10.5. The number of nitrogens with zero attached hydrogens (tertiary/aromatic N) is 1. The van der Waals surface area contributed by atoms with Crippen molar-refractivity contribution in [1.82, 2.24) is 4.90 Å². The highest BCUT2D eigenvalue weighted by molar-refractivity contribution is 7.98. The summed E-state index contributed by atoms with van der Waals surface area (Å²) < 4.78 is 0. The molecular weight excluding hydrogens is 250 g/mol. The Balaban J connectivity index is 2.65. The van der Waals surface area contributed by atoms with E-state index in [9.17, 15) is 4.79 Å². The molecule has 0 spiro atoms. The Bertz CT molecular complexity index is 364. The third-order valence-electron chi connectivity index (χ3n) is 2.84. The van der Waals surface area contributed by atoms with Gasteiger partial charge in [-0.3, -0.25) is 4.79 Å². The van der Waals surface area contributed by atoms with Crippen molar-refractivity contribution in [3.8, 4) is 0 Å². The second kappa shape index (κ2) is 6.97. The lowest BCUT2D eigenvalue weighted by Crippen LogP contribution is -2.35. The van der Waals surface area contributed by atoms with E-state index in [0.717, 1.165) is 22.6 Å². The van der Waals surface area contributed by atoms with Crippen LogP contribution < -0.4 is 0 Å². The van der Waals surface area contributed by atoms with Gasteiger partial charge in [-0.1, -0.05) is 0 Å². The number of carbonyl (C=O) groups excluding carboxylic acids is 1. The van der Waals surface area contributed by atoms with Gasteiger partial charge < -0.3 is 4.90 Å². The highest BCUT2D eigenvalue weighted by Crippen LogP contribution is 2.13. The normalized spacial score (nSPS) is 12.2. The number of carbonyl (C=O) groups is 1. The van der Waals surface area contributed by atoms with Gasteiger partial charge in [0.1, 0.15) is 0 Å². The fraction of sp³-hybridized carbons (Fsp3) is 0.462. The van der Waals surface area contributed by atoms with Gasteiger partial charge in [0.05, 0.1) is 0 Å². The van der Waals surface area contributed by atoms with Crippen molar-refractivity contribution in [2.45, 2.75) is 24.3 Å². The monoisotopic (exact) mass is 269 g/mol. The van der Waals surface area contributed by atoms with Crippen LogP contribution >= 0.6 is 24.4 Å². The number of thioether (sulfide) groups is 1. The first-order chi connectivity index (χ1) is 8.06. The van der Waals surface area contributed by atoms with E-state index in [2.05, 4.69) is 25.8 Å². The summed E-state index contributed by atoms with van der Waals surface area (Å²) in [7, 11) is 1.86. The van der Waals surface area contributed by atoms with E-state index in [1.165, 1.54) is 0 Å². The predicted molar refractivity (Wildman–Crippen MR) is 78.2 cm³/mol. The first-order valence-electron chi connectivity index (χ1n) is 5.61. The smallest absolute Gasteiger partial charge is 0.253 e. The highest BCUT2D eigenvalue weighted by atomic mass is 32.2. The molecule has 0 fully saturated rings. The number of amides is 1. The van der Waals surface area contributed by atoms with Crippen LogP contribution in [0, 0.1) is 0 Å². The Kier molecular flexibility index (Phi) is 5.92. The summed E-state index contributed by atoms with van der Waals surface area (Å²) in [5.41, 5.74) is 0.723. The molecule has 1 unspecified atom stereocenters. The predicted octanol–water partition coefficient (Wildman–Crippen LogP) is 3.19.